The van der Waals surface area contributed by atoms with Crippen LogP contribution in [-0.4, -0.2) is 27.3 Å². The van der Waals surface area contributed by atoms with E-state index in [0.717, 1.165) is 0 Å². The molecule has 3 N–H and O–H groups in total. The number of hydrogen-bond donors (Lipinski definition) is 3. The van der Waals surface area contributed by atoms with Gasteiger partial charge in [0.15, 0.2) is 0 Å². The summed E-state index contributed by atoms with van der Waals surface area (Å²) in [5.41, 5.74) is -1.88. The van der Waals surface area contributed by atoms with Crippen molar-refractivity contribution in [1.29, 1.82) is 0 Å². The summed E-state index contributed by atoms with van der Waals surface area (Å²) in [6.45, 7) is 0. The normalized spacial score (nSPS) is 13.4. The van der Waals surface area contributed by atoms with Gasteiger partial charge in [0.2, 0.25) is 5.60 Å². The molecule has 0 aliphatic heterocycles. The highest BCUT2D eigenvalue weighted by Crippen LogP contribution is 2.30. The Balaban J connectivity index is 2.54. The Hall–Kier alpha value is -2.66. The topological polar surface area (TPSA) is 94.8 Å². The number of carboxylic acid groups (broad SMARTS) is 2. The number of carbonyl (C=O) groups is 2. The molecule has 0 radical (unpaired) electrons. The van der Waals surface area contributed by atoms with Crippen LogP contribution in [0.2, 0.25) is 0 Å². The lowest BCUT2D eigenvalue weighted by Gasteiger charge is -2.24. The monoisotopic (exact) mass is 272 g/mol. The summed E-state index contributed by atoms with van der Waals surface area (Å²) >= 11 is 0. The highest BCUT2D eigenvalue weighted by atomic mass is 16.4. The van der Waals surface area contributed by atoms with Crippen LogP contribution in [0.15, 0.2) is 54.6 Å². The van der Waals surface area contributed by atoms with Gasteiger partial charge in [-0.3, -0.25) is 0 Å². The van der Waals surface area contributed by atoms with Gasteiger partial charge in [0, 0.05) is 0 Å². The fourth-order valence-corrected chi connectivity index (χ4v) is 1.95. The summed E-state index contributed by atoms with van der Waals surface area (Å²) in [5.74, 6) is -2.54. The zero-order chi connectivity index (χ0) is 14.8. The lowest BCUT2D eigenvalue weighted by atomic mass is 9.86. The van der Waals surface area contributed by atoms with E-state index in [0.29, 0.717) is 0 Å². The predicted octanol–water partition coefficient (Wildman–Crippen LogP) is 1.71. The predicted molar refractivity (Wildman–Crippen MR) is 70.5 cm³/mol. The van der Waals surface area contributed by atoms with Gasteiger partial charge in [-0.2, -0.15) is 0 Å². The third-order valence-corrected chi connectivity index (χ3v) is 3.05. The number of aliphatic carboxylic acids is 1. The Morgan fingerprint density at radius 2 is 1.30 bits per heavy atom. The van der Waals surface area contributed by atoms with E-state index < -0.39 is 17.5 Å². The van der Waals surface area contributed by atoms with E-state index in [1.165, 1.54) is 36.4 Å². The number of benzene rings is 2. The van der Waals surface area contributed by atoms with Gasteiger partial charge in [-0.15, -0.1) is 0 Å². The van der Waals surface area contributed by atoms with Crippen LogP contribution in [0.25, 0.3) is 0 Å². The molecular weight excluding hydrogens is 260 g/mol. The number of rotatable bonds is 4. The zero-order valence-electron chi connectivity index (χ0n) is 10.4. The molecule has 5 heteroatoms. The number of aromatic carboxylic acids is 1. The molecular formula is C15H12O5. The Bertz CT molecular complexity index is 633. The summed E-state index contributed by atoms with van der Waals surface area (Å²) in [4.78, 5) is 22.3. The van der Waals surface area contributed by atoms with Crippen LogP contribution in [0.1, 0.15) is 21.5 Å². The van der Waals surface area contributed by atoms with Crippen LogP contribution >= 0.6 is 0 Å². The fourth-order valence-electron chi connectivity index (χ4n) is 1.95. The van der Waals surface area contributed by atoms with Crippen molar-refractivity contribution in [3.8, 4) is 0 Å². The number of aliphatic hydroxyl groups is 1. The van der Waals surface area contributed by atoms with Crippen molar-refractivity contribution in [3.63, 3.8) is 0 Å². The number of carboxylic acids is 2. The molecule has 0 amide bonds. The first-order chi connectivity index (χ1) is 9.46. The average Bonchev–Trinajstić information content (AvgIpc) is 2.47. The largest absolute Gasteiger partial charge is 0.479 e. The molecule has 0 fully saturated rings. The van der Waals surface area contributed by atoms with E-state index in [2.05, 4.69) is 0 Å². The van der Waals surface area contributed by atoms with Gasteiger partial charge in [-0.1, -0.05) is 42.5 Å². The first-order valence-corrected chi connectivity index (χ1v) is 5.81. The van der Waals surface area contributed by atoms with Gasteiger partial charge in [0.05, 0.1) is 5.56 Å². The van der Waals surface area contributed by atoms with Crippen LogP contribution in [0.3, 0.4) is 0 Å². The van der Waals surface area contributed by atoms with Crippen molar-refractivity contribution in [2.75, 3.05) is 0 Å². The second kappa shape index (κ2) is 5.14. The SMILES string of the molecule is O=C(O)c1ccc(C(O)(C(=O)O)c2ccccc2)cc1. The van der Waals surface area contributed by atoms with Gasteiger partial charge >= 0.3 is 11.9 Å². The molecule has 0 saturated carbocycles. The highest BCUT2D eigenvalue weighted by Gasteiger charge is 2.40. The molecule has 0 saturated heterocycles. The third-order valence-electron chi connectivity index (χ3n) is 3.05. The number of hydrogen-bond acceptors (Lipinski definition) is 3. The van der Waals surface area contributed by atoms with Crippen LogP contribution in [-0.2, 0) is 10.4 Å². The molecule has 1 unspecified atom stereocenters. The summed E-state index contributed by atoms with van der Waals surface area (Å²) in [7, 11) is 0. The van der Waals surface area contributed by atoms with Crippen molar-refractivity contribution >= 4 is 11.9 Å². The van der Waals surface area contributed by atoms with Crippen LogP contribution in [0.4, 0.5) is 0 Å². The van der Waals surface area contributed by atoms with Gasteiger partial charge in [0.25, 0.3) is 0 Å². The van der Waals surface area contributed by atoms with E-state index in [4.69, 9.17) is 5.11 Å². The molecule has 0 bridgehead atoms. The minimum absolute atomic E-state index is 0.0227. The highest BCUT2D eigenvalue weighted by molar-refractivity contribution is 5.88. The van der Waals surface area contributed by atoms with Crippen LogP contribution < -0.4 is 0 Å². The van der Waals surface area contributed by atoms with Gasteiger partial charge < -0.3 is 15.3 Å². The first-order valence-electron chi connectivity index (χ1n) is 5.81. The second-order valence-corrected chi connectivity index (χ2v) is 4.26. The molecule has 0 aliphatic carbocycles. The third kappa shape index (κ3) is 2.26. The molecule has 2 aromatic carbocycles. The lowest BCUT2D eigenvalue weighted by molar-refractivity contribution is -0.155. The molecule has 0 aromatic heterocycles. The smallest absolute Gasteiger partial charge is 0.345 e. The summed E-state index contributed by atoms with van der Waals surface area (Å²) in [6.07, 6.45) is 0. The van der Waals surface area contributed by atoms with Crippen molar-refractivity contribution in [2.24, 2.45) is 0 Å². The summed E-state index contributed by atoms with van der Waals surface area (Å²) in [5, 5.41) is 28.7. The standard InChI is InChI=1S/C15H12O5/c16-13(17)10-6-8-12(9-7-10)15(20,14(18)19)11-4-2-1-3-5-11/h1-9,20H,(H,16,17)(H,18,19). The molecule has 0 heterocycles. The molecule has 0 aliphatic rings. The van der Waals surface area contributed by atoms with Gasteiger partial charge in [-0.25, -0.2) is 9.59 Å². The van der Waals surface area contributed by atoms with Crippen molar-refractivity contribution < 1.29 is 24.9 Å². The maximum Gasteiger partial charge on any atom is 0.345 e. The maximum absolute atomic E-state index is 11.5. The lowest BCUT2D eigenvalue weighted by Crippen LogP contribution is -2.36. The van der Waals surface area contributed by atoms with Crippen LogP contribution in [0, 0.1) is 0 Å². The zero-order valence-corrected chi connectivity index (χ0v) is 10.4. The van der Waals surface area contributed by atoms with Crippen molar-refractivity contribution in [1.82, 2.24) is 0 Å². The molecule has 102 valence electrons. The molecule has 1 atom stereocenters. The summed E-state index contributed by atoms with van der Waals surface area (Å²) in [6, 6.07) is 13.1. The quantitative estimate of drug-likeness (QED) is 0.787. The average molecular weight is 272 g/mol. The Morgan fingerprint density at radius 1 is 0.800 bits per heavy atom. The Labute approximate surface area is 114 Å². The van der Waals surface area contributed by atoms with E-state index >= 15 is 0 Å². The van der Waals surface area contributed by atoms with Crippen molar-refractivity contribution in [2.45, 2.75) is 5.60 Å². The molecule has 0 spiro atoms. The Morgan fingerprint density at radius 3 is 1.75 bits per heavy atom. The fraction of sp³-hybridized carbons (Fsp3) is 0.0667. The van der Waals surface area contributed by atoms with E-state index in [1.54, 1.807) is 18.2 Å². The van der Waals surface area contributed by atoms with Crippen LogP contribution in [0.5, 0.6) is 0 Å². The van der Waals surface area contributed by atoms with E-state index in [9.17, 15) is 19.8 Å². The van der Waals surface area contributed by atoms with Gasteiger partial charge in [-0.05, 0) is 23.3 Å². The molecule has 20 heavy (non-hydrogen) atoms. The summed E-state index contributed by atoms with van der Waals surface area (Å²) < 4.78 is 0. The maximum atomic E-state index is 11.5. The van der Waals surface area contributed by atoms with E-state index in [1.807, 2.05) is 0 Å². The molecule has 5 nitrogen and oxygen atoms in total. The molecule has 2 rings (SSSR count). The second-order valence-electron chi connectivity index (χ2n) is 4.26. The van der Waals surface area contributed by atoms with E-state index in [-0.39, 0.29) is 16.7 Å². The Kier molecular flexibility index (Phi) is 3.54. The minimum atomic E-state index is -2.21. The van der Waals surface area contributed by atoms with Gasteiger partial charge in [0.1, 0.15) is 0 Å². The molecule has 2 aromatic rings. The minimum Gasteiger partial charge on any atom is -0.479 e. The first kappa shape index (κ1) is 13.8. The van der Waals surface area contributed by atoms with Crippen molar-refractivity contribution in [3.05, 3.63) is 71.3 Å².